The molecule has 1 aliphatic heterocycles. The summed E-state index contributed by atoms with van der Waals surface area (Å²) in [5.41, 5.74) is 2.63. The highest BCUT2D eigenvalue weighted by Crippen LogP contribution is 2.37. The van der Waals surface area contributed by atoms with Gasteiger partial charge in [-0.25, -0.2) is 4.98 Å². The van der Waals surface area contributed by atoms with Crippen molar-refractivity contribution in [3.05, 3.63) is 29.6 Å². The van der Waals surface area contributed by atoms with Crippen LogP contribution in [0.15, 0.2) is 18.2 Å². The van der Waals surface area contributed by atoms with Gasteiger partial charge in [0.15, 0.2) is 0 Å². The molecule has 1 saturated heterocycles. The predicted octanol–water partition coefficient (Wildman–Crippen LogP) is 2.62. The van der Waals surface area contributed by atoms with Crippen LogP contribution >= 0.6 is 0 Å². The number of fused-ring (bicyclic) bond motifs is 1. The minimum absolute atomic E-state index is 0.448. The van der Waals surface area contributed by atoms with Gasteiger partial charge in [-0.3, -0.25) is 0 Å². The third kappa shape index (κ3) is 1.52. The summed E-state index contributed by atoms with van der Waals surface area (Å²) < 4.78 is 5.22. The quantitative estimate of drug-likeness (QED) is 0.894. The lowest BCUT2D eigenvalue weighted by Crippen LogP contribution is -2.45. The van der Waals surface area contributed by atoms with E-state index in [2.05, 4.69) is 22.1 Å². The van der Waals surface area contributed by atoms with Gasteiger partial charge in [0, 0.05) is 5.92 Å². The molecule has 4 rings (SSSR count). The number of nitriles is 1. The highest BCUT2D eigenvalue weighted by Gasteiger charge is 2.41. The molecular weight excluding hydrogens is 238 g/mol. The molecule has 1 aromatic carbocycles. The van der Waals surface area contributed by atoms with Crippen LogP contribution in [-0.2, 0) is 10.2 Å². The summed E-state index contributed by atoms with van der Waals surface area (Å²) in [6, 6.07) is 8.48. The van der Waals surface area contributed by atoms with E-state index in [0.29, 0.717) is 19.1 Å². The summed E-state index contributed by atoms with van der Waals surface area (Å²) in [5, 5.41) is 9.35. The van der Waals surface area contributed by atoms with Crippen LogP contribution in [0.2, 0.25) is 0 Å². The van der Waals surface area contributed by atoms with E-state index in [1.807, 2.05) is 12.1 Å². The van der Waals surface area contributed by atoms with Gasteiger partial charge in [-0.05, 0) is 30.5 Å². The predicted molar refractivity (Wildman–Crippen MR) is 70.8 cm³/mol. The molecule has 0 spiro atoms. The lowest BCUT2D eigenvalue weighted by Gasteiger charge is -2.35. The maximum absolute atomic E-state index is 9.35. The SMILES string of the molecule is N#CC1(c2ccc3nc(C4CCC4)[nH]c3c2)COC1. The molecule has 0 atom stereocenters. The first-order valence-corrected chi connectivity index (χ1v) is 6.80. The van der Waals surface area contributed by atoms with E-state index >= 15 is 0 Å². The number of ether oxygens (including phenoxy) is 1. The van der Waals surface area contributed by atoms with Gasteiger partial charge in [-0.2, -0.15) is 5.26 Å². The van der Waals surface area contributed by atoms with Crippen LogP contribution in [0.1, 0.15) is 36.6 Å². The standard InChI is InChI=1S/C15H15N3O/c16-7-15(8-19-9-15)11-4-5-12-13(6-11)18-14(17-12)10-2-1-3-10/h4-6,10H,1-3,8-9H2,(H,17,18). The van der Waals surface area contributed by atoms with Gasteiger partial charge in [0.25, 0.3) is 0 Å². The summed E-state index contributed by atoms with van der Waals surface area (Å²) in [6.45, 7) is 0.997. The van der Waals surface area contributed by atoms with Crippen LogP contribution in [0.4, 0.5) is 0 Å². The maximum atomic E-state index is 9.35. The van der Waals surface area contributed by atoms with Gasteiger partial charge in [-0.1, -0.05) is 12.5 Å². The van der Waals surface area contributed by atoms with Gasteiger partial charge in [0.2, 0.25) is 0 Å². The van der Waals surface area contributed by atoms with Gasteiger partial charge >= 0.3 is 0 Å². The van der Waals surface area contributed by atoms with Gasteiger partial charge in [-0.15, -0.1) is 0 Å². The molecule has 0 unspecified atom stereocenters. The number of aromatic nitrogens is 2. The Balaban J connectivity index is 1.76. The van der Waals surface area contributed by atoms with Crippen molar-refractivity contribution in [2.75, 3.05) is 13.2 Å². The molecular formula is C15H15N3O. The van der Waals surface area contributed by atoms with Crippen LogP contribution in [0.25, 0.3) is 11.0 Å². The number of hydrogen-bond acceptors (Lipinski definition) is 3. The first kappa shape index (κ1) is 11.0. The fraction of sp³-hybridized carbons (Fsp3) is 0.467. The van der Waals surface area contributed by atoms with Crippen molar-refractivity contribution in [1.82, 2.24) is 9.97 Å². The highest BCUT2D eigenvalue weighted by atomic mass is 16.5. The van der Waals surface area contributed by atoms with E-state index in [4.69, 9.17) is 4.74 Å². The number of H-pyrrole nitrogens is 1. The molecule has 1 aliphatic carbocycles. The molecule has 2 fully saturated rings. The van der Waals surface area contributed by atoms with E-state index < -0.39 is 5.41 Å². The smallest absolute Gasteiger partial charge is 0.129 e. The van der Waals surface area contributed by atoms with Crippen molar-refractivity contribution in [2.45, 2.75) is 30.6 Å². The second kappa shape index (κ2) is 3.82. The van der Waals surface area contributed by atoms with E-state index in [1.165, 1.54) is 19.3 Å². The lowest BCUT2D eigenvalue weighted by molar-refractivity contribution is -0.0297. The molecule has 2 aromatic rings. The first-order chi connectivity index (χ1) is 9.31. The molecule has 2 aliphatic rings. The molecule has 4 nitrogen and oxygen atoms in total. The molecule has 0 radical (unpaired) electrons. The summed E-state index contributed by atoms with van der Waals surface area (Å²) in [4.78, 5) is 8.08. The van der Waals surface area contributed by atoms with E-state index in [9.17, 15) is 5.26 Å². The van der Waals surface area contributed by atoms with Crippen molar-refractivity contribution < 1.29 is 4.74 Å². The van der Waals surface area contributed by atoms with Crippen LogP contribution in [-0.4, -0.2) is 23.2 Å². The molecule has 1 N–H and O–H groups in total. The van der Waals surface area contributed by atoms with Crippen LogP contribution in [0.5, 0.6) is 0 Å². The van der Waals surface area contributed by atoms with Crippen molar-refractivity contribution in [2.24, 2.45) is 0 Å². The van der Waals surface area contributed by atoms with Gasteiger partial charge in [0.05, 0.1) is 30.3 Å². The second-order valence-corrected chi connectivity index (χ2v) is 5.67. The zero-order chi connectivity index (χ0) is 12.9. The molecule has 0 bridgehead atoms. The Bertz CT molecular complexity index is 674. The monoisotopic (exact) mass is 253 g/mol. The van der Waals surface area contributed by atoms with Crippen molar-refractivity contribution in [1.29, 1.82) is 5.26 Å². The average Bonchev–Trinajstić information content (AvgIpc) is 2.68. The molecule has 4 heteroatoms. The van der Waals surface area contributed by atoms with Crippen LogP contribution < -0.4 is 0 Å². The second-order valence-electron chi connectivity index (χ2n) is 5.67. The highest BCUT2D eigenvalue weighted by molar-refractivity contribution is 5.76. The Hall–Kier alpha value is -1.86. The number of aromatic amines is 1. The number of rotatable bonds is 2. The zero-order valence-electron chi connectivity index (χ0n) is 10.6. The number of benzene rings is 1. The summed E-state index contributed by atoms with van der Waals surface area (Å²) in [6.07, 6.45) is 3.78. The largest absolute Gasteiger partial charge is 0.377 e. The fourth-order valence-corrected chi connectivity index (χ4v) is 2.80. The van der Waals surface area contributed by atoms with E-state index in [0.717, 1.165) is 22.4 Å². The average molecular weight is 253 g/mol. The Kier molecular flexibility index (Phi) is 2.21. The topological polar surface area (TPSA) is 61.7 Å². The molecule has 19 heavy (non-hydrogen) atoms. The minimum Gasteiger partial charge on any atom is -0.377 e. The minimum atomic E-state index is -0.448. The normalized spacial score (nSPS) is 21.6. The lowest BCUT2D eigenvalue weighted by atomic mass is 9.80. The molecule has 1 aromatic heterocycles. The molecule has 1 saturated carbocycles. The number of imidazole rings is 1. The summed E-state index contributed by atoms with van der Waals surface area (Å²) >= 11 is 0. The fourth-order valence-electron chi connectivity index (χ4n) is 2.80. The zero-order valence-corrected chi connectivity index (χ0v) is 10.6. The maximum Gasteiger partial charge on any atom is 0.129 e. The Morgan fingerprint density at radius 3 is 2.79 bits per heavy atom. The van der Waals surface area contributed by atoms with E-state index in [1.54, 1.807) is 0 Å². The number of nitrogens with zero attached hydrogens (tertiary/aromatic N) is 2. The third-order valence-corrected chi connectivity index (χ3v) is 4.46. The Morgan fingerprint density at radius 1 is 1.37 bits per heavy atom. The van der Waals surface area contributed by atoms with E-state index in [-0.39, 0.29) is 0 Å². The van der Waals surface area contributed by atoms with Crippen LogP contribution in [0, 0.1) is 11.3 Å². The molecule has 96 valence electrons. The van der Waals surface area contributed by atoms with Gasteiger partial charge < -0.3 is 9.72 Å². The third-order valence-electron chi connectivity index (χ3n) is 4.46. The number of nitrogens with one attached hydrogen (secondary N) is 1. The van der Waals surface area contributed by atoms with Crippen molar-refractivity contribution in [3.8, 4) is 6.07 Å². The molecule has 2 heterocycles. The first-order valence-electron chi connectivity index (χ1n) is 6.80. The number of hydrogen-bond donors (Lipinski definition) is 1. The summed E-state index contributed by atoms with van der Waals surface area (Å²) in [5.74, 6) is 1.71. The molecule has 0 amide bonds. The van der Waals surface area contributed by atoms with Crippen molar-refractivity contribution in [3.63, 3.8) is 0 Å². The van der Waals surface area contributed by atoms with Crippen LogP contribution in [0.3, 0.4) is 0 Å². The summed E-state index contributed by atoms with van der Waals surface area (Å²) in [7, 11) is 0. The Morgan fingerprint density at radius 2 is 2.21 bits per heavy atom. The Labute approximate surface area is 111 Å². The van der Waals surface area contributed by atoms with Gasteiger partial charge in [0.1, 0.15) is 11.2 Å². The van der Waals surface area contributed by atoms with Crippen molar-refractivity contribution >= 4 is 11.0 Å².